The second kappa shape index (κ2) is 7.77. The van der Waals surface area contributed by atoms with Gasteiger partial charge in [0.15, 0.2) is 21.3 Å². The van der Waals surface area contributed by atoms with Gasteiger partial charge in [0.1, 0.15) is 13.2 Å². The van der Waals surface area contributed by atoms with Gasteiger partial charge in [-0.2, -0.15) is 0 Å². The van der Waals surface area contributed by atoms with E-state index in [2.05, 4.69) is 10.9 Å². The lowest BCUT2D eigenvalue weighted by Gasteiger charge is -2.18. The molecule has 3 rings (SSSR count). The molecule has 0 bridgehead atoms. The van der Waals surface area contributed by atoms with Gasteiger partial charge in [0, 0.05) is 12.5 Å². The molecule has 0 saturated carbocycles. The minimum atomic E-state index is -3.02. The van der Waals surface area contributed by atoms with E-state index in [4.69, 9.17) is 9.47 Å². The molecule has 2 N–H and O–H groups in total. The Morgan fingerprint density at radius 1 is 1.15 bits per heavy atom. The first-order chi connectivity index (χ1) is 12.4. The minimum Gasteiger partial charge on any atom is -0.486 e. The number of hydrogen-bond acceptors (Lipinski definition) is 6. The summed E-state index contributed by atoms with van der Waals surface area (Å²) < 4.78 is 33.6. The van der Waals surface area contributed by atoms with Crippen molar-refractivity contribution in [2.45, 2.75) is 12.8 Å². The molecule has 0 aliphatic carbocycles. The quantitative estimate of drug-likeness (QED) is 0.579. The number of hydrogen-bond donors (Lipinski definition) is 2. The Labute approximate surface area is 151 Å². The number of amides is 2. The van der Waals surface area contributed by atoms with E-state index >= 15 is 0 Å². The van der Waals surface area contributed by atoms with Crippen LogP contribution in [0.5, 0.6) is 11.5 Å². The van der Waals surface area contributed by atoms with Crippen molar-refractivity contribution in [3.05, 3.63) is 29.8 Å². The maximum atomic E-state index is 11.8. The van der Waals surface area contributed by atoms with Crippen LogP contribution in [0, 0.1) is 5.92 Å². The first-order valence-electron chi connectivity index (χ1n) is 8.28. The fourth-order valence-corrected chi connectivity index (χ4v) is 4.72. The molecule has 8 nitrogen and oxygen atoms in total. The van der Waals surface area contributed by atoms with Gasteiger partial charge in [-0.15, -0.1) is 0 Å². The highest BCUT2D eigenvalue weighted by molar-refractivity contribution is 7.91. The predicted octanol–water partition coefficient (Wildman–Crippen LogP) is 0.443. The molecule has 1 atom stereocenters. The van der Waals surface area contributed by atoms with Crippen molar-refractivity contribution in [2.75, 3.05) is 24.7 Å². The summed E-state index contributed by atoms with van der Waals surface area (Å²) in [6.45, 7) is 0.992. The lowest BCUT2D eigenvalue weighted by molar-refractivity contribution is -0.127. The molecular weight excluding hydrogens is 360 g/mol. The summed E-state index contributed by atoms with van der Waals surface area (Å²) in [6.07, 6.45) is 3.42. The summed E-state index contributed by atoms with van der Waals surface area (Å²) in [6, 6.07) is 5.32. The van der Waals surface area contributed by atoms with Crippen LogP contribution < -0.4 is 20.3 Å². The summed E-state index contributed by atoms with van der Waals surface area (Å²) in [5.41, 5.74) is 5.33. The first-order valence-corrected chi connectivity index (χ1v) is 10.1. The monoisotopic (exact) mass is 380 g/mol. The Morgan fingerprint density at radius 2 is 1.92 bits per heavy atom. The van der Waals surface area contributed by atoms with Crippen molar-refractivity contribution in [1.29, 1.82) is 0 Å². The Balaban J connectivity index is 1.45. The summed E-state index contributed by atoms with van der Waals surface area (Å²) in [5, 5.41) is 0. The van der Waals surface area contributed by atoms with Crippen molar-refractivity contribution in [1.82, 2.24) is 10.9 Å². The highest BCUT2D eigenvalue weighted by Crippen LogP contribution is 2.31. The lowest BCUT2D eigenvalue weighted by Crippen LogP contribution is -2.41. The van der Waals surface area contributed by atoms with Crippen molar-refractivity contribution < 1.29 is 27.5 Å². The average Bonchev–Trinajstić information content (AvgIpc) is 2.96. The molecule has 0 radical (unpaired) electrons. The van der Waals surface area contributed by atoms with Gasteiger partial charge in [0.25, 0.3) is 5.91 Å². The number of hydrazine groups is 1. The van der Waals surface area contributed by atoms with Gasteiger partial charge in [0.2, 0.25) is 5.91 Å². The molecule has 2 heterocycles. The zero-order valence-electron chi connectivity index (χ0n) is 14.1. The standard InChI is InChI=1S/C17H20N2O6S/c20-16(18-19-17(21)10-13-5-8-26(22,23)11-13)4-2-12-1-3-14-15(9-12)25-7-6-24-14/h1-4,9,13H,5-8,10-11H2,(H,18,20)(H,19,21)/b4-2+/t13-/m0/s1. The minimum absolute atomic E-state index is 0.0262. The largest absolute Gasteiger partial charge is 0.486 e. The molecule has 1 aromatic rings. The highest BCUT2D eigenvalue weighted by atomic mass is 32.2. The molecule has 2 aliphatic rings. The summed E-state index contributed by atoms with van der Waals surface area (Å²) in [4.78, 5) is 23.6. The summed E-state index contributed by atoms with van der Waals surface area (Å²) in [5.74, 6) is 0.344. The Bertz CT molecular complexity index is 834. The first kappa shape index (κ1) is 18.2. The van der Waals surface area contributed by atoms with Gasteiger partial charge >= 0.3 is 0 Å². The third-order valence-corrected chi connectivity index (χ3v) is 5.96. The van der Waals surface area contributed by atoms with E-state index in [9.17, 15) is 18.0 Å². The fraction of sp³-hybridized carbons (Fsp3) is 0.412. The number of carbonyl (C=O) groups is 2. The normalized spacial score (nSPS) is 20.7. The van der Waals surface area contributed by atoms with E-state index in [-0.39, 0.29) is 23.8 Å². The van der Waals surface area contributed by atoms with Crippen molar-refractivity contribution in [3.63, 3.8) is 0 Å². The molecule has 1 aromatic carbocycles. The van der Waals surface area contributed by atoms with Crippen LogP contribution in [0.25, 0.3) is 6.08 Å². The molecule has 1 fully saturated rings. The third-order valence-electron chi connectivity index (χ3n) is 4.12. The Morgan fingerprint density at radius 3 is 2.65 bits per heavy atom. The number of carbonyl (C=O) groups excluding carboxylic acids is 2. The van der Waals surface area contributed by atoms with E-state index in [1.807, 2.05) is 0 Å². The average molecular weight is 380 g/mol. The highest BCUT2D eigenvalue weighted by Gasteiger charge is 2.29. The van der Waals surface area contributed by atoms with Gasteiger partial charge in [-0.1, -0.05) is 6.07 Å². The van der Waals surface area contributed by atoms with Gasteiger partial charge in [-0.05, 0) is 36.1 Å². The SMILES string of the molecule is O=C(/C=C/c1ccc2c(c1)OCCO2)NNC(=O)C[C@@H]1CCS(=O)(=O)C1. The number of ether oxygens (including phenoxy) is 2. The molecule has 0 aromatic heterocycles. The third kappa shape index (κ3) is 4.98. The summed E-state index contributed by atoms with van der Waals surface area (Å²) >= 11 is 0. The van der Waals surface area contributed by atoms with Crippen LogP contribution in [0.2, 0.25) is 0 Å². The Hall–Kier alpha value is -2.55. The van der Waals surface area contributed by atoms with E-state index in [1.54, 1.807) is 24.3 Å². The molecule has 2 amide bonds. The predicted molar refractivity (Wildman–Crippen MR) is 94.1 cm³/mol. The molecule has 2 aliphatic heterocycles. The smallest absolute Gasteiger partial charge is 0.262 e. The molecular formula is C17H20N2O6S. The molecule has 26 heavy (non-hydrogen) atoms. The lowest BCUT2D eigenvalue weighted by atomic mass is 10.1. The number of fused-ring (bicyclic) bond motifs is 1. The van der Waals surface area contributed by atoms with Crippen LogP contribution in [0.1, 0.15) is 18.4 Å². The molecule has 9 heteroatoms. The van der Waals surface area contributed by atoms with Crippen LogP contribution in [0.3, 0.4) is 0 Å². The van der Waals surface area contributed by atoms with E-state index in [0.717, 1.165) is 5.56 Å². The maximum Gasteiger partial charge on any atom is 0.262 e. The molecule has 0 unspecified atom stereocenters. The van der Waals surface area contributed by atoms with Crippen LogP contribution in [-0.4, -0.2) is 45.0 Å². The molecule has 140 valence electrons. The number of rotatable bonds is 4. The topological polar surface area (TPSA) is 111 Å². The van der Waals surface area contributed by atoms with E-state index in [1.165, 1.54) is 6.08 Å². The van der Waals surface area contributed by atoms with Gasteiger partial charge in [-0.25, -0.2) is 8.42 Å². The van der Waals surface area contributed by atoms with Crippen LogP contribution in [-0.2, 0) is 19.4 Å². The van der Waals surface area contributed by atoms with Gasteiger partial charge in [0.05, 0.1) is 11.5 Å². The number of benzene rings is 1. The van der Waals surface area contributed by atoms with E-state index in [0.29, 0.717) is 31.1 Å². The van der Waals surface area contributed by atoms with Gasteiger partial charge < -0.3 is 9.47 Å². The van der Waals surface area contributed by atoms with Crippen LogP contribution in [0.15, 0.2) is 24.3 Å². The van der Waals surface area contributed by atoms with Gasteiger partial charge in [-0.3, -0.25) is 20.4 Å². The zero-order valence-corrected chi connectivity index (χ0v) is 14.9. The van der Waals surface area contributed by atoms with Crippen LogP contribution in [0.4, 0.5) is 0 Å². The fourth-order valence-electron chi connectivity index (χ4n) is 2.85. The maximum absolute atomic E-state index is 11.8. The van der Waals surface area contributed by atoms with Crippen molar-refractivity contribution >= 4 is 27.7 Å². The molecule has 1 saturated heterocycles. The van der Waals surface area contributed by atoms with E-state index < -0.39 is 21.7 Å². The van der Waals surface area contributed by atoms with Crippen molar-refractivity contribution in [3.8, 4) is 11.5 Å². The Kier molecular flexibility index (Phi) is 5.46. The number of nitrogens with one attached hydrogen (secondary N) is 2. The molecule has 0 spiro atoms. The second-order valence-electron chi connectivity index (χ2n) is 6.25. The summed E-state index contributed by atoms with van der Waals surface area (Å²) in [7, 11) is -3.02. The number of sulfone groups is 1. The zero-order chi connectivity index (χ0) is 18.6. The second-order valence-corrected chi connectivity index (χ2v) is 8.48. The van der Waals surface area contributed by atoms with Crippen molar-refractivity contribution in [2.24, 2.45) is 5.92 Å². The van der Waals surface area contributed by atoms with Crippen LogP contribution >= 0.6 is 0 Å².